The number of carbonyl (C=O) groups excluding carboxylic acids is 3. The lowest BCUT2D eigenvalue weighted by Crippen LogP contribution is -2.48. The molecule has 5 atom stereocenters. The maximum absolute atomic E-state index is 13.1. The Bertz CT molecular complexity index is 578. The molecule has 2 rings (SSSR count). The van der Waals surface area contributed by atoms with Crippen LogP contribution in [0.25, 0.3) is 0 Å². The number of aliphatic hydroxyl groups is 1. The van der Waals surface area contributed by atoms with Crippen molar-refractivity contribution >= 4 is 17.7 Å². The van der Waals surface area contributed by atoms with Crippen molar-refractivity contribution in [3.63, 3.8) is 0 Å². The third-order valence-electron chi connectivity index (χ3n) is 5.82. The number of nitrogens with one attached hydrogen (secondary N) is 2. The van der Waals surface area contributed by atoms with Crippen LogP contribution in [0.2, 0.25) is 0 Å². The van der Waals surface area contributed by atoms with Crippen LogP contribution in [0.1, 0.15) is 39.5 Å². The minimum absolute atomic E-state index is 0.0301. The molecule has 3 N–H and O–H groups in total. The average molecular weight is 380 g/mol. The van der Waals surface area contributed by atoms with Crippen LogP contribution in [0.5, 0.6) is 0 Å². The van der Waals surface area contributed by atoms with E-state index < -0.39 is 17.9 Å². The van der Waals surface area contributed by atoms with Crippen molar-refractivity contribution < 1.29 is 19.5 Å². The van der Waals surface area contributed by atoms with E-state index >= 15 is 0 Å². The van der Waals surface area contributed by atoms with Crippen molar-refractivity contribution in [3.05, 3.63) is 12.2 Å². The van der Waals surface area contributed by atoms with Gasteiger partial charge in [0.15, 0.2) is 0 Å². The number of nitrogens with zero attached hydrogens (tertiary/aromatic N) is 1. The molecule has 1 aliphatic heterocycles. The van der Waals surface area contributed by atoms with Gasteiger partial charge < -0.3 is 20.6 Å². The Morgan fingerprint density at radius 1 is 1.19 bits per heavy atom. The van der Waals surface area contributed by atoms with Crippen LogP contribution in [0.15, 0.2) is 12.2 Å². The highest BCUT2D eigenvalue weighted by molar-refractivity contribution is 5.96. The van der Waals surface area contributed by atoms with Crippen molar-refractivity contribution in [2.45, 2.75) is 45.6 Å². The summed E-state index contributed by atoms with van der Waals surface area (Å²) >= 11 is 0. The molecule has 0 aromatic heterocycles. The summed E-state index contributed by atoms with van der Waals surface area (Å²) in [6.45, 7) is 4.55. The molecule has 0 aromatic rings. The lowest BCUT2D eigenvalue weighted by Gasteiger charge is -2.33. The molecule has 0 saturated carbocycles. The maximum Gasteiger partial charge on any atom is 0.243 e. The number of carbonyl (C=O) groups is 3. The van der Waals surface area contributed by atoms with Gasteiger partial charge in [-0.2, -0.15) is 0 Å². The highest BCUT2D eigenvalue weighted by Gasteiger charge is 2.56. The first-order valence-corrected chi connectivity index (χ1v) is 10.1. The number of fused-ring (bicyclic) bond motifs is 1. The van der Waals surface area contributed by atoms with Gasteiger partial charge in [-0.3, -0.25) is 14.4 Å². The number of hydrogen-bond acceptors (Lipinski definition) is 4. The summed E-state index contributed by atoms with van der Waals surface area (Å²) in [6, 6.07) is -0.669. The molecule has 7 nitrogen and oxygen atoms in total. The van der Waals surface area contributed by atoms with E-state index in [9.17, 15) is 19.5 Å². The van der Waals surface area contributed by atoms with Gasteiger partial charge >= 0.3 is 0 Å². The predicted molar refractivity (Wildman–Crippen MR) is 103 cm³/mol. The van der Waals surface area contributed by atoms with Gasteiger partial charge in [0.1, 0.15) is 6.04 Å². The van der Waals surface area contributed by atoms with E-state index in [1.54, 1.807) is 7.05 Å². The quantitative estimate of drug-likeness (QED) is 0.405. The van der Waals surface area contributed by atoms with Gasteiger partial charge in [0, 0.05) is 26.1 Å². The van der Waals surface area contributed by atoms with Crippen LogP contribution >= 0.6 is 0 Å². The molecular formula is C20H33N3O4. The summed E-state index contributed by atoms with van der Waals surface area (Å²) in [5.74, 6) is -1.99. The molecular weight excluding hydrogens is 346 g/mol. The minimum Gasteiger partial charge on any atom is -0.395 e. The van der Waals surface area contributed by atoms with Gasteiger partial charge in [0.2, 0.25) is 17.7 Å². The smallest absolute Gasteiger partial charge is 0.243 e. The third-order valence-corrected chi connectivity index (χ3v) is 5.82. The molecule has 1 heterocycles. The zero-order valence-corrected chi connectivity index (χ0v) is 16.6. The molecule has 27 heavy (non-hydrogen) atoms. The minimum atomic E-state index is -0.669. The number of aliphatic hydroxyl groups excluding tert-OH is 1. The van der Waals surface area contributed by atoms with Crippen LogP contribution in [-0.4, -0.2) is 60.5 Å². The van der Waals surface area contributed by atoms with Crippen LogP contribution in [0.4, 0.5) is 0 Å². The van der Waals surface area contributed by atoms with Crippen molar-refractivity contribution in [3.8, 4) is 0 Å². The standard InChI is InChI=1S/C20H33N3O4/c1-4-6-7-10-22-19(26)17-14-9-8-13(5-2)15(18(25)21-3)16(14)20(27)23(17)11-12-24/h8-9,13-17,24H,4-7,10-12H2,1-3H3,(H,21,25)(H,22,26)/t13-,14+,15-,16+,17+/m1/s1. The summed E-state index contributed by atoms with van der Waals surface area (Å²) in [5.41, 5.74) is 0. The number of likely N-dealkylation sites (tertiary alicyclic amines) is 1. The van der Waals surface area contributed by atoms with Gasteiger partial charge in [-0.1, -0.05) is 38.8 Å². The van der Waals surface area contributed by atoms with Gasteiger partial charge in [0.05, 0.1) is 18.4 Å². The monoisotopic (exact) mass is 379 g/mol. The number of β-amino-alcohol motifs (C(OH)–C–C–N with tert-alkyl or cyclic N) is 1. The highest BCUT2D eigenvalue weighted by atomic mass is 16.3. The predicted octanol–water partition coefficient (Wildman–Crippen LogP) is 0.687. The van der Waals surface area contributed by atoms with Crippen LogP contribution in [0, 0.1) is 23.7 Å². The zero-order valence-electron chi connectivity index (χ0n) is 16.6. The summed E-state index contributed by atoms with van der Waals surface area (Å²) < 4.78 is 0. The van der Waals surface area contributed by atoms with E-state index in [1.807, 2.05) is 19.1 Å². The maximum atomic E-state index is 13.1. The number of allylic oxidation sites excluding steroid dienone is 1. The highest BCUT2D eigenvalue weighted by Crippen LogP contribution is 2.44. The molecule has 0 spiro atoms. The molecule has 0 bridgehead atoms. The fourth-order valence-corrected chi connectivity index (χ4v) is 4.45. The van der Waals surface area contributed by atoms with Gasteiger partial charge in [-0.15, -0.1) is 0 Å². The molecule has 1 saturated heterocycles. The van der Waals surface area contributed by atoms with E-state index in [0.717, 1.165) is 25.7 Å². The van der Waals surface area contributed by atoms with E-state index in [-0.39, 0.29) is 42.7 Å². The molecule has 7 heteroatoms. The Kier molecular flexibility index (Phi) is 7.83. The Labute approximate surface area is 161 Å². The van der Waals surface area contributed by atoms with E-state index in [0.29, 0.717) is 6.54 Å². The number of unbranched alkanes of at least 4 members (excludes halogenated alkanes) is 2. The summed E-state index contributed by atoms with van der Waals surface area (Å²) in [5, 5.41) is 15.0. The average Bonchev–Trinajstić information content (AvgIpc) is 2.96. The lowest BCUT2D eigenvalue weighted by molar-refractivity contribution is -0.141. The Morgan fingerprint density at radius 2 is 1.93 bits per heavy atom. The van der Waals surface area contributed by atoms with Crippen LogP contribution < -0.4 is 10.6 Å². The molecule has 0 aromatic carbocycles. The number of rotatable bonds is 9. The second kappa shape index (κ2) is 9.88. The van der Waals surface area contributed by atoms with Crippen LogP contribution in [-0.2, 0) is 14.4 Å². The fourth-order valence-electron chi connectivity index (χ4n) is 4.45. The second-order valence-electron chi connectivity index (χ2n) is 7.40. The summed E-state index contributed by atoms with van der Waals surface area (Å²) in [4.78, 5) is 40.0. The fraction of sp³-hybridized carbons (Fsp3) is 0.750. The molecule has 1 fully saturated rings. The van der Waals surface area contributed by atoms with Crippen molar-refractivity contribution in [1.82, 2.24) is 15.5 Å². The van der Waals surface area contributed by atoms with E-state index in [1.165, 1.54) is 4.90 Å². The first kappa shape index (κ1) is 21.4. The normalized spacial score (nSPS) is 29.6. The molecule has 2 aliphatic rings. The summed E-state index contributed by atoms with van der Waals surface area (Å²) in [6.07, 6.45) is 7.66. The van der Waals surface area contributed by atoms with Crippen molar-refractivity contribution in [1.29, 1.82) is 0 Å². The zero-order chi connectivity index (χ0) is 20.0. The number of amides is 3. The SMILES string of the molecule is CCCCCNC(=O)[C@@H]1[C@H]2C=C[C@@H](CC)[C@@H](C(=O)NC)[C@H]2C(=O)N1CCO. The van der Waals surface area contributed by atoms with Crippen molar-refractivity contribution in [2.24, 2.45) is 23.7 Å². The van der Waals surface area contributed by atoms with E-state index in [4.69, 9.17) is 0 Å². The van der Waals surface area contributed by atoms with Gasteiger partial charge in [0.25, 0.3) is 0 Å². The van der Waals surface area contributed by atoms with Crippen LogP contribution in [0.3, 0.4) is 0 Å². The molecule has 1 aliphatic carbocycles. The third kappa shape index (κ3) is 4.34. The summed E-state index contributed by atoms with van der Waals surface area (Å²) in [7, 11) is 1.57. The first-order chi connectivity index (χ1) is 13.0. The second-order valence-corrected chi connectivity index (χ2v) is 7.40. The Morgan fingerprint density at radius 3 is 2.52 bits per heavy atom. The largest absolute Gasteiger partial charge is 0.395 e. The molecule has 152 valence electrons. The Hall–Kier alpha value is -1.89. The first-order valence-electron chi connectivity index (χ1n) is 10.1. The lowest BCUT2D eigenvalue weighted by atomic mass is 9.69. The topological polar surface area (TPSA) is 98.7 Å². The molecule has 0 unspecified atom stereocenters. The Balaban J connectivity index is 2.29. The van der Waals surface area contributed by atoms with Crippen molar-refractivity contribution in [2.75, 3.05) is 26.7 Å². The number of hydrogen-bond donors (Lipinski definition) is 3. The molecule has 3 amide bonds. The van der Waals surface area contributed by atoms with E-state index in [2.05, 4.69) is 17.6 Å². The molecule has 0 radical (unpaired) electrons. The van der Waals surface area contributed by atoms with Gasteiger partial charge in [-0.05, 0) is 18.8 Å². The van der Waals surface area contributed by atoms with Gasteiger partial charge in [-0.25, -0.2) is 0 Å².